The van der Waals surface area contributed by atoms with E-state index in [0.717, 1.165) is 0 Å². The normalized spacial score (nSPS) is 48.7. The Morgan fingerprint density at radius 1 is 0.600 bits per heavy atom. The Kier molecular flexibility index (Phi) is 4.30. The monoisotopic (exact) mass is 476 g/mol. The zero-order chi connectivity index (χ0) is 23.6. The predicted molar refractivity (Wildman–Crippen MR) is 66.3 cm³/mol. The smallest absolute Gasteiger partial charge is 0.336 e. The molecule has 0 aliphatic heterocycles. The average Bonchev–Trinajstić information content (AvgIpc) is 2.61. The van der Waals surface area contributed by atoms with Gasteiger partial charge in [0.1, 0.15) is 0 Å². The molecule has 2 nitrogen and oxygen atoms in total. The Balaban J connectivity index is 2.47. The Labute approximate surface area is 157 Å². The fourth-order valence-corrected chi connectivity index (χ4v) is 4.41. The van der Waals surface area contributed by atoms with Crippen molar-refractivity contribution in [3.8, 4) is 0 Å². The molecule has 2 unspecified atom stereocenters. The lowest BCUT2D eigenvalue weighted by Crippen LogP contribution is -3.08. The third kappa shape index (κ3) is 1.56. The summed E-state index contributed by atoms with van der Waals surface area (Å²) in [6.07, 6.45) is -5.83. The molecule has 4 bridgehead atoms. The molecule has 0 amide bonds. The van der Waals surface area contributed by atoms with E-state index in [1.165, 1.54) is 6.92 Å². The standard InChI is InChI=1S/C14H10F14O2/c1-2-29-3-4-30-9-12(23,24)6(16)5(15)7(17,13(9,25)26)11(21,22)8(18,10(6,19)20)14(9,27)28/h5H,2-4H2,1H3. The first-order chi connectivity index (χ1) is 13.2. The summed E-state index contributed by atoms with van der Waals surface area (Å²) in [4.78, 5) is 0. The highest BCUT2D eigenvalue weighted by molar-refractivity contribution is 5.52. The second kappa shape index (κ2) is 5.46. The van der Waals surface area contributed by atoms with E-state index in [-0.39, 0.29) is 6.61 Å². The molecular formula is C14H10F14O2. The van der Waals surface area contributed by atoms with Crippen molar-refractivity contribution in [3.05, 3.63) is 0 Å². The van der Waals surface area contributed by atoms with E-state index >= 15 is 0 Å². The van der Waals surface area contributed by atoms with E-state index in [9.17, 15) is 61.5 Å². The van der Waals surface area contributed by atoms with Crippen LogP contribution in [0.15, 0.2) is 0 Å². The van der Waals surface area contributed by atoms with Crippen molar-refractivity contribution in [2.45, 2.75) is 65.3 Å². The van der Waals surface area contributed by atoms with Gasteiger partial charge < -0.3 is 9.47 Å². The molecule has 176 valence electrons. The Hall–Kier alpha value is -1.06. The van der Waals surface area contributed by atoms with Crippen LogP contribution < -0.4 is 0 Å². The van der Waals surface area contributed by atoms with Crippen LogP contribution in [-0.2, 0) is 9.47 Å². The second-order valence-electron chi connectivity index (χ2n) is 7.04. The minimum absolute atomic E-state index is 0.338. The first kappa shape index (κ1) is 23.6. The maximum absolute atomic E-state index is 14.7. The largest absolute Gasteiger partial charge is 0.379 e. The Morgan fingerprint density at radius 3 is 1.37 bits per heavy atom. The number of hydrogen-bond acceptors (Lipinski definition) is 2. The third-order valence-corrected chi connectivity index (χ3v) is 5.90. The summed E-state index contributed by atoms with van der Waals surface area (Å²) in [6.45, 7) is -2.19. The molecular weight excluding hydrogens is 466 g/mol. The molecule has 0 spiro atoms. The molecule has 4 aliphatic carbocycles. The Bertz CT molecular complexity index is 711. The van der Waals surface area contributed by atoms with Gasteiger partial charge >= 0.3 is 35.3 Å². The number of alkyl halides is 14. The van der Waals surface area contributed by atoms with Crippen LogP contribution in [0.1, 0.15) is 6.92 Å². The fourth-order valence-electron chi connectivity index (χ4n) is 4.41. The molecule has 0 radical (unpaired) electrons. The summed E-state index contributed by atoms with van der Waals surface area (Å²) in [7, 11) is 0. The molecule has 0 aromatic carbocycles. The molecule has 0 saturated heterocycles. The van der Waals surface area contributed by atoms with E-state index in [4.69, 9.17) is 0 Å². The lowest BCUT2D eigenvalue weighted by Gasteiger charge is -2.73. The molecule has 0 N–H and O–H groups in total. The Morgan fingerprint density at radius 2 is 1.00 bits per heavy atom. The number of halogens is 14. The maximum atomic E-state index is 14.7. The van der Waals surface area contributed by atoms with Gasteiger partial charge in [-0.1, -0.05) is 0 Å². The third-order valence-electron chi connectivity index (χ3n) is 5.90. The van der Waals surface area contributed by atoms with Gasteiger partial charge in [-0.05, 0) is 6.92 Å². The van der Waals surface area contributed by atoms with E-state index in [2.05, 4.69) is 9.47 Å². The van der Waals surface area contributed by atoms with Crippen molar-refractivity contribution >= 4 is 0 Å². The highest BCUT2D eigenvalue weighted by Crippen LogP contribution is 2.86. The summed E-state index contributed by atoms with van der Waals surface area (Å²) >= 11 is 0. The summed E-state index contributed by atoms with van der Waals surface area (Å²) in [5, 5.41) is 0. The van der Waals surface area contributed by atoms with E-state index in [1.54, 1.807) is 0 Å². The lowest BCUT2D eigenvalue weighted by atomic mass is 9.41. The van der Waals surface area contributed by atoms with Gasteiger partial charge in [0.25, 0.3) is 16.9 Å². The van der Waals surface area contributed by atoms with E-state index < -0.39 is 71.6 Å². The molecule has 2 atom stereocenters. The van der Waals surface area contributed by atoms with Crippen LogP contribution in [-0.4, -0.2) is 78.2 Å². The molecule has 4 rings (SSSR count). The van der Waals surface area contributed by atoms with Gasteiger partial charge in [-0.3, -0.25) is 0 Å². The lowest BCUT2D eigenvalue weighted by molar-refractivity contribution is -0.593. The van der Waals surface area contributed by atoms with Gasteiger partial charge in [0.15, 0.2) is 6.17 Å². The van der Waals surface area contributed by atoms with Crippen molar-refractivity contribution in [1.82, 2.24) is 0 Å². The number of rotatable bonds is 5. The average molecular weight is 476 g/mol. The van der Waals surface area contributed by atoms with Crippen LogP contribution in [0.3, 0.4) is 0 Å². The summed E-state index contributed by atoms with van der Waals surface area (Å²) in [6, 6.07) is 0. The minimum atomic E-state index is -7.38. The van der Waals surface area contributed by atoms with Gasteiger partial charge in [-0.25, -0.2) is 17.6 Å². The fraction of sp³-hybridized carbons (Fsp3) is 1.00. The molecule has 4 fully saturated rings. The van der Waals surface area contributed by atoms with Crippen molar-refractivity contribution in [3.63, 3.8) is 0 Å². The van der Waals surface area contributed by atoms with Crippen molar-refractivity contribution in [2.24, 2.45) is 0 Å². The quantitative estimate of drug-likeness (QED) is 0.431. The topological polar surface area (TPSA) is 18.5 Å². The molecule has 0 heterocycles. The highest BCUT2D eigenvalue weighted by atomic mass is 19.3. The van der Waals surface area contributed by atoms with Gasteiger partial charge in [-0.15, -0.1) is 0 Å². The van der Waals surface area contributed by atoms with Crippen LogP contribution in [0.25, 0.3) is 0 Å². The number of hydrogen-bond donors (Lipinski definition) is 0. The summed E-state index contributed by atoms with van der Waals surface area (Å²) < 4.78 is 210. The zero-order valence-electron chi connectivity index (χ0n) is 14.3. The first-order valence-corrected chi connectivity index (χ1v) is 8.03. The van der Waals surface area contributed by atoms with Crippen LogP contribution in [0, 0.1) is 0 Å². The van der Waals surface area contributed by atoms with Gasteiger partial charge in [0.05, 0.1) is 13.2 Å². The molecule has 4 saturated carbocycles. The van der Waals surface area contributed by atoms with Crippen molar-refractivity contribution in [2.75, 3.05) is 19.8 Å². The van der Waals surface area contributed by atoms with Crippen LogP contribution in [0.2, 0.25) is 0 Å². The SMILES string of the molecule is CCOCCOC12C(F)(F)C3(F)C(F)C(F)(C(F)(F)C(F)(C3(F)F)C1(F)F)C2(F)F. The van der Waals surface area contributed by atoms with Gasteiger partial charge in [0.2, 0.25) is 0 Å². The van der Waals surface area contributed by atoms with E-state index in [0.29, 0.717) is 0 Å². The maximum Gasteiger partial charge on any atom is 0.336 e. The molecule has 4 aliphatic rings. The molecule has 0 aromatic rings. The first-order valence-electron chi connectivity index (χ1n) is 8.03. The summed E-state index contributed by atoms with van der Waals surface area (Å²) in [5.41, 5.74) is -27.7. The summed E-state index contributed by atoms with van der Waals surface area (Å²) in [5.74, 6) is -36.3. The molecule has 0 aromatic heterocycles. The second-order valence-corrected chi connectivity index (χ2v) is 7.04. The van der Waals surface area contributed by atoms with Crippen molar-refractivity contribution in [1.29, 1.82) is 0 Å². The molecule has 30 heavy (non-hydrogen) atoms. The van der Waals surface area contributed by atoms with Gasteiger partial charge in [0, 0.05) is 6.61 Å². The highest BCUT2D eigenvalue weighted by Gasteiger charge is 3.19. The number of ether oxygens (including phenoxy) is 2. The molecule has 16 heteroatoms. The van der Waals surface area contributed by atoms with Crippen molar-refractivity contribution < 1.29 is 70.9 Å². The minimum Gasteiger partial charge on any atom is -0.379 e. The predicted octanol–water partition coefficient (Wildman–Crippen LogP) is 4.46. The van der Waals surface area contributed by atoms with Gasteiger partial charge in [-0.2, -0.15) is 43.9 Å². The van der Waals surface area contributed by atoms with Crippen LogP contribution in [0.5, 0.6) is 0 Å². The van der Waals surface area contributed by atoms with Crippen LogP contribution in [0.4, 0.5) is 61.5 Å². The van der Waals surface area contributed by atoms with Crippen LogP contribution >= 0.6 is 0 Å². The van der Waals surface area contributed by atoms with E-state index in [1.807, 2.05) is 0 Å². The zero-order valence-corrected chi connectivity index (χ0v) is 14.3.